The lowest BCUT2D eigenvalue weighted by atomic mass is 10.2. The van der Waals surface area contributed by atoms with Crippen molar-refractivity contribution >= 4 is 11.9 Å². The van der Waals surface area contributed by atoms with Gasteiger partial charge in [0.05, 0.1) is 12.8 Å². The third kappa shape index (κ3) is 4.63. The number of hydrogen-bond acceptors (Lipinski definition) is 5. The van der Waals surface area contributed by atoms with Gasteiger partial charge < -0.3 is 15.1 Å². The Morgan fingerprint density at radius 3 is 2.68 bits per heavy atom. The standard InChI is InChI=1S/C18H17FN4O2/c1-12-9-16(17(24)20-11-15-3-2-8-25-15)23-18(22-12)21-10-13-4-6-14(19)7-5-13/h2-9H,10-11H2,1H3,(H,20,24)(H,21,22,23). The highest BCUT2D eigenvalue weighted by atomic mass is 19.1. The minimum absolute atomic E-state index is 0.265. The number of carbonyl (C=O) groups is 1. The Morgan fingerprint density at radius 2 is 1.96 bits per heavy atom. The summed E-state index contributed by atoms with van der Waals surface area (Å²) in [4.78, 5) is 20.7. The summed E-state index contributed by atoms with van der Waals surface area (Å²) in [5.41, 5.74) is 1.82. The molecule has 1 amide bonds. The lowest BCUT2D eigenvalue weighted by molar-refractivity contribution is 0.0943. The monoisotopic (exact) mass is 340 g/mol. The summed E-state index contributed by atoms with van der Waals surface area (Å²) < 4.78 is 18.1. The van der Waals surface area contributed by atoms with E-state index in [0.717, 1.165) is 5.56 Å². The van der Waals surface area contributed by atoms with Crippen LogP contribution in [0.15, 0.2) is 53.1 Å². The molecule has 128 valence electrons. The highest BCUT2D eigenvalue weighted by molar-refractivity contribution is 5.92. The number of benzene rings is 1. The number of anilines is 1. The topological polar surface area (TPSA) is 80.0 Å². The zero-order valence-corrected chi connectivity index (χ0v) is 13.6. The molecule has 7 heteroatoms. The summed E-state index contributed by atoms with van der Waals surface area (Å²) in [5, 5.41) is 5.79. The van der Waals surface area contributed by atoms with Crippen LogP contribution in [-0.2, 0) is 13.1 Å². The number of amides is 1. The fraction of sp³-hybridized carbons (Fsp3) is 0.167. The van der Waals surface area contributed by atoms with Gasteiger partial charge in [-0.25, -0.2) is 14.4 Å². The smallest absolute Gasteiger partial charge is 0.270 e. The van der Waals surface area contributed by atoms with Gasteiger partial charge in [0.1, 0.15) is 17.3 Å². The maximum Gasteiger partial charge on any atom is 0.270 e. The fourth-order valence-electron chi connectivity index (χ4n) is 2.22. The van der Waals surface area contributed by atoms with Crippen molar-refractivity contribution < 1.29 is 13.6 Å². The van der Waals surface area contributed by atoms with E-state index in [9.17, 15) is 9.18 Å². The lowest BCUT2D eigenvalue weighted by Gasteiger charge is -2.08. The SMILES string of the molecule is Cc1cc(C(=O)NCc2ccco2)nc(NCc2ccc(F)cc2)n1. The van der Waals surface area contributed by atoms with Crippen molar-refractivity contribution in [3.63, 3.8) is 0 Å². The maximum atomic E-state index is 12.9. The van der Waals surface area contributed by atoms with Gasteiger partial charge in [0, 0.05) is 12.2 Å². The van der Waals surface area contributed by atoms with Gasteiger partial charge in [-0.1, -0.05) is 12.1 Å². The Bertz CT molecular complexity index is 848. The number of carbonyl (C=O) groups excluding carboxylic acids is 1. The van der Waals surface area contributed by atoms with Gasteiger partial charge >= 0.3 is 0 Å². The number of rotatable bonds is 6. The van der Waals surface area contributed by atoms with Gasteiger partial charge in [-0.2, -0.15) is 0 Å². The zero-order chi connectivity index (χ0) is 17.6. The van der Waals surface area contributed by atoms with Gasteiger partial charge in [0.2, 0.25) is 5.95 Å². The van der Waals surface area contributed by atoms with Crippen molar-refractivity contribution in [1.82, 2.24) is 15.3 Å². The van der Waals surface area contributed by atoms with Crippen LogP contribution >= 0.6 is 0 Å². The number of nitrogens with zero attached hydrogens (tertiary/aromatic N) is 2. The maximum absolute atomic E-state index is 12.9. The van der Waals surface area contributed by atoms with Crippen LogP contribution in [0, 0.1) is 12.7 Å². The van der Waals surface area contributed by atoms with Gasteiger partial charge in [-0.3, -0.25) is 4.79 Å². The first kappa shape index (κ1) is 16.6. The molecule has 0 aliphatic heterocycles. The van der Waals surface area contributed by atoms with Gasteiger partial charge in [0.15, 0.2) is 0 Å². The van der Waals surface area contributed by atoms with Crippen LogP contribution in [0.5, 0.6) is 0 Å². The van der Waals surface area contributed by atoms with Gasteiger partial charge in [-0.05, 0) is 42.8 Å². The average Bonchev–Trinajstić information content (AvgIpc) is 3.12. The minimum Gasteiger partial charge on any atom is -0.467 e. The molecule has 0 unspecified atom stereocenters. The third-order valence-corrected chi connectivity index (χ3v) is 3.45. The Balaban J connectivity index is 1.64. The van der Waals surface area contributed by atoms with E-state index >= 15 is 0 Å². The lowest BCUT2D eigenvalue weighted by Crippen LogP contribution is -2.24. The van der Waals surface area contributed by atoms with E-state index < -0.39 is 0 Å². The summed E-state index contributed by atoms with van der Waals surface area (Å²) in [6.07, 6.45) is 1.55. The molecule has 2 N–H and O–H groups in total. The molecule has 1 aromatic carbocycles. The molecule has 0 aliphatic carbocycles. The van der Waals surface area contributed by atoms with Crippen LogP contribution in [0.2, 0.25) is 0 Å². The summed E-state index contributed by atoms with van der Waals surface area (Å²) in [6.45, 7) is 2.50. The van der Waals surface area contributed by atoms with Crippen LogP contribution in [0.25, 0.3) is 0 Å². The Morgan fingerprint density at radius 1 is 1.16 bits per heavy atom. The largest absolute Gasteiger partial charge is 0.467 e. The molecule has 0 spiro atoms. The van der Waals surface area contributed by atoms with E-state index in [4.69, 9.17) is 4.42 Å². The molecular weight excluding hydrogens is 323 g/mol. The van der Waals surface area contributed by atoms with Crippen molar-refractivity contribution in [2.75, 3.05) is 5.32 Å². The highest BCUT2D eigenvalue weighted by Gasteiger charge is 2.11. The summed E-state index contributed by atoms with van der Waals surface area (Å²) in [7, 11) is 0. The molecule has 6 nitrogen and oxygen atoms in total. The molecule has 3 rings (SSSR count). The Labute approximate surface area is 144 Å². The van der Waals surface area contributed by atoms with E-state index in [1.54, 1.807) is 43.5 Å². The summed E-state index contributed by atoms with van der Waals surface area (Å²) in [5.74, 6) is 0.402. The Hall–Kier alpha value is -3.22. The molecule has 25 heavy (non-hydrogen) atoms. The normalized spacial score (nSPS) is 10.5. The molecule has 0 radical (unpaired) electrons. The van der Waals surface area contributed by atoms with Crippen LogP contribution in [0.4, 0.5) is 10.3 Å². The number of aryl methyl sites for hydroxylation is 1. The van der Waals surface area contributed by atoms with Crippen LogP contribution in [0.3, 0.4) is 0 Å². The zero-order valence-electron chi connectivity index (χ0n) is 13.6. The molecule has 0 aliphatic rings. The van der Waals surface area contributed by atoms with Crippen molar-refractivity contribution in [2.45, 2.75) is 20.0 Å². The quantitative estimate of drug-likeness (QED) is 0.721. The number of aromatic nitrogens is 2. The van der Waals surface area contributed by atoms with Crippen molar-refractivity contribution in [3.8, 4) is 0 Å². The van der Waals surface area contributed by atoms with Crippen LogP contribution < -0.4 is 10.6 Å². The van der Waals surface area contributed by atoms with Crippen molar-refractivity contribution in [2.24, 2.45) is 0 Å². The second-order valence-corrected chi connectivity index (χ2v) is 5.46. The number of hydrogen-bond donors (Lipinski definition) is 2. The molecule has 2 aromatic heterocycles. The van der Waals surface area contributed by atoms with Crippen molar-refractivity contribution in [3.05, 3.63) is 77.3 Å². The molecule has 0 atom stereocenters. The van der Waals surface area contributed by atoms with Gasteiger partial charge in [-0.15, -0.1) is 0 Å². The highest BCUT2D eigenvalue weighted by Crippen LogP contribution is 2.09. The molecule has 2 heterocycles. The van der Waals surface area contributed by atoms with E-state index in [0.29, 0.717) is 23.9 Å². The van der Waals surface area contributed by atoms with Crippen LogP contribution in [0.1, 0.15) is 27.5 Å². The van der Waals surface area contributed by atoms with Crippen LogP contribution in [-0.4, -0.2) is 15.9 Å². The van der Waals surface area contributed by atoms with E-state index in [1.807, 2.05) is 0 Å². The predicted molar refractivity (Wildman–Crippen MR) is 90.4 cm³/mol. The predicted octanol–water partition coefficient (Wildman–Crippen LogP) is 3.06. The molecule has 0 saturated heterocycles. The van der Waals surface area contributed by atoms with E-state index in [-0.39, 0.29) is 24.0 Å². The van der Waals surface area contributed by atoms with E-state index in [2.05, 4.69) is 20.6 Å². The third-order valence-electron chi connectivity index (χ3n) is 3.45. The number of nitrogens with one attached hydrogen (secondary N) is 2. The minimum atomic E-state index is -0.313. The molecule has 0 bridgehead atoms. The number of halogens is 1. The first-order valence-corrected chi connectivity index (χ1v) is 7.75. The van der Waals surface area contributed by atoms with Crippen molar-refractivity contribution in [1.29, 1.82) is 0 Å². The molecule has 3 aromatic rings. The molecule has 0 saturated carbocycles. The second-order valence-electron chi connectivity index (χ2n) is 5.46. The summed E-state index contributed by atoms with van der Waals surface area (Å²) >= 11 is 0. The van der Waals surface area contributed by atoms with E-state index in [1.165, 1.54) is 12.1 Å². The average molecular weight is 340 g/mol. The first-order chi connectivity index (χ1) is 12.1. The summed E-state index contributed by atoms with van der Waals surface area (Å²) in [6, 6.07) is 11.3. The first-order valence-electron chi connectivity index (χ1n) is 7.75. The Kier molecular flexibility index (Phi) is 5.03. The molecular formula is C18H17FN4O2. The van der Waals surface area contributed by atoms with Gasteiger partial charge in [0.25, 0.3) is 5.91 Å². The molecule has 0 fully saturated rings. The fourth-order valence-corrected chi connectivity index (χ4v) is 2.22. The second kappa shape index (κ2) is 7.57. The number of furan rings is 1.